The molecule has 1 fully saturated rings. The number of hydrogen-bond acceptors (Lipinski definition) is 5. The Kier molecular flexibility index (Phi) is 5.08. The molecule has 126 valence electrons. The molecule has 1 aromatic carbocycles. The summed E-state index contributed by atoms with van der Waals surface area (Å²) >= 11 is 0. The van der Waals surface area contributed by atoms with Crippen molar-refractivity contribution in [3.63, 3.8) is 0 Å². The molecule has 0 unspecified atom stereocenters. The van der Waals surface area contributed by atoms with Crippen molar-refractivity contribution in [2.75, 3.05) is 6.54 Å². The summed E-state index contributed by atoms with van der Waals surface area (Å²) in [5.41, 5.74) is -0.448. The van der Waals surface area contributed by atoms with Crippen LogP contribution >= 0.6 is 0 Å². The van der Waals surface area contributed by atoms with Crippen LogP contribution in [0, 0.1) is 16.0 Å². The molecule has 0 heterocycles. The van der Waals surface area contributed by atoms with Gasteiger partial charge in [0.05, 0.1) is 11.0 Å². The molecule has 1 N–H and O–H groups in total. The van der Waals surface area contributed by atoms with E-state index in [1.54, 1.807) is 12.1 Å². The monoisotopic (exact) mass is 322 g/mol. The smallest absolute Gasteiger partial charge is 0.407 e. The van der Waals surface area contributed by atoms with Crippen molar-refractivity contribution >= 4 is 11.8 Å². The lowest BCUT2D eigenvalue weighted by Gasteiger charge is -2.35. The number of carbonyl (C=O) groups excluding carboxylic acids is 1. The second-order valence-corrected chi connectivity index (χ2v) is 6.71. The van der Waals surface area contributed by atoms with E-state index in [0.29, 0.717) is 18.2 Å². The van der Waals surface area contributed by atoms with Crippen LogP contribution in [-0.2, 0) is 4.74 Å². The minimum atomic E-state index is -0.495. The maximum absolute atomic E-state index is 11.5. The maximum atomic E-state index is 11.5. The summed E-state index contributed by atoms with van der Waals surface area (Å²) in [6, 6.07) is 6.06. The summed E-state index contributed by atoms with van der Waals surface area (Å²) in [4.78, 5) is 21.7. The number of amides is 1. The van der Waals surface area contributed by atoms with Gasteiger partial charge in [-0.25, -0.2) is 4.79 Å². The predicted molar refractivity (Wildman–Crippen MR) is 84.5 cm³/mol. The number of carbonyl (C=O) groups is 1. The van der Waals surface area contributed by atoms with Gasteiger partial charge in [-0.2, -0.15) is 0 Å². The average molecular weight is 322 g/mol. The van der Waals surface area contributed by atoms with E-state index in [-0.39, 0.29) is 11.8 Å². The van der Waals surface area contributed by atoms with Crippen LogP contribution in [0.2, 0.25) is 0 Å². The van der Waals surface area contributed by atoms with Crippen LogP contribution in [0.25, 0.3) is 0 Å². The number of nitro benzene ring substituents is 1. The summed E-state index contributed by atoms with van der Waals surface area (Å²) < 4.78 is 10.9. The third kappa shape index (κ3) is 5.43. The zero-order valence-corrected chi connectivity index (χ0v) is 13.6. The molecule has 23 heavy (non-hydrogen) atoms. The fourth-order valence-corrected chi connectivity index (χ4v) is 2.32. The predicted octanol–water partition coefficient (Wildman–Crippen LogP) is 3.28. The third-order valence-electron chi connectivity index (χ3n) is 3.48. The van der Waals surface area contributed by atoms with Crippen LogP contribution in [0.15, 0.2) is 24.3 Å². The molecule has 0 aliphatic heterocycles. The Morgan fingerprint density at radius 1 is 1.30 bits per heavy atom. The number of hydrogen-bond donors (Lipinski definition) is 1. The lowest BCUT2D eigenvalue weighted by molar-refractivity contribution is -0.384. The molecular weight excluding hydrogens is 300 g/mol. The lowest BCUT2D eigenvalue weighted by Crippen LogP contribution is -2.42. The van der Waals surface area contributed by atoms with Gasteiger partial charge in [-0.15, -0.1) is 0 Å². The summed E-state index contributed by atoms with van der Waals surface area (Å²) in [7, 11) is 0. The third-order valence-corrected chi connectivity index (χ3v) is 3.48. The number of nitro groups is 1. The summed E-state index contributed by atoms with van der Waals surface area (Å²) in [6.07, 6.45) is 1.36. The van der Waals surface area contributed by atoms with Gasteiger partial charge in [0.2, 0.25) is 0 Å². The summed E-state index contributed by atoms with van der Waals surface area (Å²) in [5, 5.41) is 13.3. The van der Waals surface area contributed by atoms with Crippen molar-refractivity contribution in [3.05, 3.63) is 34.4 Å². The molecule has 1 aliphatic rings. The Morgan fingerprint density at radius 3 is 2.43 bits per heavy atom. The Balaban J connectivity index is 1.67. The van der Waals surface area contributed by atoms with E-state index in [4.69, 9.17) is 9.47 Å². The van der Waals surface area contributed by atoms with E-state index in [0.717, 1.165) is 12.8 Å². The van der Waals surface area contributed by atoms with Crippen LogP contribution in [0.1, 0.15) is 33.6 Å². The van der Waals surface area contributed by atoms with Crippen LogP contribution in [0.3, 0.4) is 0 Å². The van der Waals surface area contributed by atoms with Crippen LogP contribution in [0.4, 0.5) is 10.5 Å². The van der Waals surface area contributed by atoms with Crippen molar-refractivity contribution in [2.24, 2.45) is 5.92 Å². The Hall–Kier alpha value is -2.31. The van der Waals surface area contributed by atoms with Gasteiger partial charge in [0.15, 0.2) is 0 Å². The molecule has 1 aromatic rings. The summed E-state index contributed by atoms with van der Waals surface area (Å²) in [5.74, 6) is 0.990. The first-order valence-corrected chi connectivity index (χ1v) is 7.61. The number of benzene rings is 1. The molecule has 1 aliphatic carbocycles. The highest BCUT2D eigenvalue weighted by atomic mass is 16.6. The summed E-state index contributed by atoms with van der Waals surface area (Å²) in [6.45, 7) is 6.03. The van der Waals surface area contributed by atoms with Gasteiger partial charge in [0.25, 0.3) is 5.69 Å². The number of nitrogens with one attached hydrogen (secondary N) is 1. The van der Waals surface area contributed by atoms with Gasteiger partial charge in [-0.1, -0.05) is 0 Å². The van der Waals surface area contributed by atoms with E-state index >= 15 is 0 Å². The zero-order valence-electron chi connectivity index (χ0n) is 13.6. The SMILES string of the molecule is CC(C)(C)OC(=O)NCC1CC(Oc2ccc([N+](=O)[O-])cc2)C1. The fourth-order valence-electron chi connectivity index (χ4n) is 2.32. The first kappa shape index (κ1) is 17.1. The number of alkyl carbamates (subject to hydrolysis) is 1. The highest BCUT2D eigenvalue weighted by Crippen LogP contribution is 2.31. The quantitative estimate of drug-likeness (QED) is 0.663. The highest BCUT2D eigenvalue weighted by molar-refractivity contribution is 5.67. The molecule has 1 saturated carbocycles. The second kappa shape index (κ2) is 6.85. The topological polar surface area (TPSA) is 90.7 Å². The molecule has 0 aromatic heterocycles. The van der Waals surface area contributed by atoms with Crippen molar-refractivity contribution in [1.82, 2.24) is 5.32 Å². The Bertz CT molecular complexity index is 559. The van der Waals surface area contributed by atoms with Crippen molar-refractivity contribution in [3.8, 4) is 5.75 Å². The molecule has 0 spiro atoms. The van der Waals surface area contributed by atoms with E-state index in [1.165, 1.54) is 12.1 Å². The first-order chi connectivity index (χ1) is 10.7. The largest absolute Gasteiger partial charge is 0.490 e. The number of nitrogens with zero attached hydrogens (tertiary/aromatic N) is 1. The Labute approximate surface area is 135 Å². The number of rotatable bonds is 5. The van der Waals surface area contributed by atoms with E-state index in [1.807, 2.05) is 20.8 Å². The minimum Gasteiger partial charge on any atom is -0.490 e. The number of ether oxygens (including phenoxy) is 2. The highest BCUT2D eigenvalue weighted by Gasteiger charge is 2.31. The van der Waals surface area contributed by atoms with Crippen LogP contribution in [0.5, 0.6) is 5.75 Å². The molecule has 0 atom stereocenters. The van der Waals surface area contributed by atoms with Gasteiger partial charge in [0, 0.05) is 18.7 Å². The van der Waals surface area contributed by atoms with Gasteiger partial charge < -0.3 is 14.8 Å². The van der Waals surface area contributed by atoms with E-state index < -0.39 is 16.6 Å². The average Bonchev–Trinajstić information content (AvgIpc) is 2.39. The normalized spacial score (nSPS) is 20.3. The van der Waals surface area contributed by atoms with Gasteiger partial charge in [-0.3, -0.25) is 10.1 Å². The Morgan fingerprint density at radius 2 is 1.91 bits per heavy atom. The van der Waals surface area contributed by atoms with Gasteiger partial charge in [-0.05, 0) is 51.7 Å². The van der Waals surface area contributed by atoms with E-state index in [2.05, 4.69) is 5.32 Å². The first-order valence-electron chi connectivity index (χ1n) is 7.61. The molecule has 2 rings (SSSR count). The standard InChI is InChI=1S/C16H22N2O5/c1-16(2,3)23-15(19)17-10-11-8-14(9-11)22-13-6-4-12(5-7-13)18(20)21/h4-7,11,14H,8-10H2,1-3H3,(H,17,19). The molecule has 7 heteroatoms. The number of non-ortho nitro benzene ring substituents is 1. The van der Waals surface area contributed by atoms with Crippen LogP contribution in [-0.4, -0.2) is 29.3 Å². The molecule has 0 bridgehead atoms. The zero-order chi connectivity index (χ0) is 17.0. The van der Waals surface area contributed by atoms with Crippen molar-refractivity contribution in [2.45, 2.75) is 45.3 Å². The van der Waals surface area contributed by atoms with E-state index in [9.17, 15) is 14.9 Å². The molecule has 0 radical (unpaired) electrons. The van der Waals surface area contributed by atoms with Gasteiger partial charge >= 0.3 is 6.09 Å². The fraction of sp³-hybridized carbons (Fsp3) is 0.562. The van der Waals surface area contributed by atoms with Crippen LogP contribution < -0.4 is 10.1 Å². The molecule has 0 saturated heterocycles. The minimum absolute atomic E-state index is 0.0467. The van der Waals surface area contributed by atoms with Gasteiger partial charge in [0.1, 0.15) is 11.4 Å². The molecular formula is C16H22N2O5. The van der Waals surface area contributed by atoms with Crippen molar-refractivity contribution in [1.29, 1.82) is 0 Å². The maximum Gasteiger partial charge on any atom is 0.407 e. The lowest BCUT2D eigenvalue weighted by atomic mass is 9.82. The second-order valence-electron chi connectivity index (χ2n) is 6.71. The molecule has 1 amide bonds. The molecule has 7 nitrogen and oxygen atoms in total. The van der Waals surface area contributed by atoms with Crippen molar-refractivity contribution < 1.29 is 19.2 Å².